The standard InChI is InChI=1S/C14H24N2O4/c1-4-10(5-2)20-12-7-9(14(18)19)6-11(15)13(12)16-8(3)17/h7,10-13H,4-6,15H2,1-3H3,(H,16,17)(H,18,19)/t11?,12-,13+/m1/s1. The second kappa shape index (κ2) is 7.40. The second-order valence-corrected chi connectivity index (χ2v) is 5.13. The molecule has 0 heterocycles. The maximum absolute atomic E-state index is 11.3. The summed E-state index contributed by atoms with van der Waals surface area (Å²) in [5, 5.41) is 11.9. The van der Waals surface area contributed by atoms with Crippen LogP contribution in [0.4, 0.5) is 0 Å². The molecule has 0 spiro atoms. The van der Waals surface area contributed by atoms with Crippen molar-refractivity contribution in [2.24, 2.45) is 5.73 Å². The fraction of sp³-hybridized carbons (Fsp3) is 0.714. The summed E-state index contributed by atoms with van der Waals surface area (Å²) < 4.78 is 5.92. The lowest BCUT2D eigenvalue weighted by atomic mass is 9.88. The summed E-state index contributed by atoms with van der Waals surface area (Å²) in [6.07, 6.45) is 2.97. The summed E-state index contributed by atoms with van der Waals surface area (Å²) in [4.78, 5) is 22.4. The molecule has 3 atom stereocenters. The van der Waals surface area contributed by atoms with E-state index in [0.29, 0.717) is 0 Å². The van der Waals surface area contributed by atoms with Gasteiger partial charge in [-0.3, -0.25) is 4.79 Å². The molecule has 0 aromatic rings. The third-order valence-electron chi connectivity index (χ3n) is 3.54. The number of carboxylic acids is 1. The van der Waals surface area contributed by atoms with E-state index in [0.717, 1.165) is 12.8 Å². The fourth-order valence-corrected chi connectivity index (χ4v) is 2.40. The monoisotopic (exact) mass is 284 g/mol. The minimum absolute atomic E-state index is 0.0212. The highest BCUT2D eigenvalue weighted by atomic mass is 16.5. The Hall–Kier alpha value is -1.40. The average Bonchev–Trinajstić information content (AvgIpc) is 2.38. The Labute approximate surface area is 119 Å². The normalized spacial score (nSPS) is 26.2. The molecular formula is C14H24N2O4. The molecule has 1 aliphatic rings. The predicted molar refractivity (Wildman–Crippen MR) is 75.2 cm³/mol. The number of aliphatic carboxylic acids is 1. The molecule has 1 rings (SSSR count). The van der Waals surface area contributed by atoms with Gasteiger partial charge in [0.25, 0.3) is 0 Å². The average molecular weight is 284 g/mol. The zero-order valence-corrected chi connectivity index (χ0v) is 12.3. The molecular weight excluding hydrogens is 260 g/mol. The molecule has 0 aromatic carbocycles. The Morgan fingerprint density at radius 2 is 2.10 bits per heavy atom. The highest BCUT2D eigenvalue weighted by Crippen LogP contribution is 2.23. The van der Waals surface area contributed by atoms with Crippen molar-refractivity contribution < 1.29 is 19.4 Å². The number of hydrogen-bond donors (Lipinski definition) is 3. The van der Waals surface area contributed by atoms with Crippen LogP contribution in [0.1, 0.15) is 40.0 Å². The Balaban J connectivity index is 2.96. The summed E-state index contributed by atoms with van der Waals surface area (Å²) in [5.41, 5.74) is 6.25. The second-order valence-electron chi connectivity index (χ2n) is 5.13. The van der Waals surface area contributed by atoms with Gasteiger partial charge in [-0.25, -0.2) is 4.79 Å². The smallest absolute Gasteiger partial charge is 0.331 e. The number of rotatable bonds is 6. The zero-order valence-electron chi connectivity index (χ0n) is 12.3. The van der Waals surface area contributed by atoms with Crippen molar-refractivity contribution in [1.29, 1.82) is 0 Å². The van der Waals surface area contributed by atoms with E-state index < -0.39 is 24.2 Å². The van der Waals surface area contributed by atoms with Gasteiger partial charge in [0.05, 0.1) is 18.2 Å². The van der Waals surface area contributed by atoms with E-state index in [-0.39, 0.29) is 24.0 Å². The van der Waals surface area contributed by atoms with Crippen molar-refractivity contribution in [1.82, 2.24) is 5.32 Å². The molecule has 1 unspecified atom stereocenters. The van der Waals surface area contributed by atoms with Crippen molar-refractivity contribution in [2.45, 2.75) is 64.3 Å². The minimum Gasteiger partial charge on any atom is -0.478 e. The third-order valence-corrected chi connectivity index (χ3v) is 3.54. The Morgan fingerprint density at radius 1 is 1.50 bits per heavy atom. The van der Waals surface area contributed by atoms with Gasteiger partial charge in [0.15, 0.2) is 0 Å². The topological polar surface area (TPSA) is 102 Å². The van der Waals surface area contributed by atoms with Gasteiger partial charge in [-0.1, -0.05) is 13.8 Å². The SMILES string of the molecule is CCC(CC)O[C@@H]1C=C(C(=O)O)CC(N)[C@@H]1NC(C)=O. The van der Waals surface area contributed by atoms with E-state index in [1.807, 2.05) is 13.8 Å². The molecule has 6 nitrogen and oxygen atoms in total. The number of amides is 1. The van der Waals surface area contributed by atoms with Crippen LogP contribution in [0.5, 0.6) is 0 Å². The van der Waals surface area contributed by atoms with Gasteiger partial charge in [0.1, 0.15) is 0 Å². The van der Waals surface area contributed by atoms with Crippen molar-refractivity contribution in [3.8, 4) is 0 Å². The molecule has 1 aliphatic carbocycles. The molecule has 0 fully saturated rings. The summed E-state index contributed by atoms with van der Waals surface area (Å²) in [5.74, 6) is -1.18. The van der Waals surface area contributed by atoms with Crippen molar-refractivity contribution >= 4 is 11.9 Å². The van der Waals surface area contributed by atoms with E-state index in [4.69, 9.17) is 15.6 Å². The van der Waals surface area contributed by atoms with Gasteiger partial charge in [-0.15, -0.1) is 0 Å². The summed E-state index contributed by atoms with van der Waals surface area (Å²) in [7, 11) is 0. The van der Waals surface area contributed by atoms with Gasteiger partial charge in [-0.2, -0.15) is 0 Å². The molecule has 0 aromatic heterocycles. The Kier molecular flexibility index (Phi) is 6.16. The first-order valence-corrected chi connectivity index (χ1v) is 7.01. The number of nitrogens with one attached hydrogen (secondary N) is 1. The highest BCUT2D eigenvalue weighted by Gasteiger charge is 2.35. The molecule has 6 heteroatoms. The summed E-state index contributed by atoms with van der Waals surface area (Å²) in [6, 6.07) is -0.856. The highest BCUT2D eigenvalue weighted by molar-refractivity contribution is 5.87. The van der Waals surface area contributed by atoms with Crippen LogP contribution < -0.4 is 11.1 Å². The number of carbonyl (C=O) groups is 2. The van der Waals surface area contributed by atoms with Crippen LogP contribution in [-0.4, -0.2) is 41.3 Å². The van der Waals surface area contributed by atoms with Gasteiger partial charge in [-0.05, 0) is 25.3 Å². The van der Waals surface area contributed by atoms with Crippen molar-refractivity contribution in [2.75, 3.05) is 0 Å². The third kappa shape index (κ3) is 4.31. The number of nitrogens with two attached hydrogens (primary N) is 1. The quantitative estimate of drug-likeness (QED) is 0.670. The fourth-order valence-electron chi connectivity index (χ4n) is 2.40. The van der Waals surface area contributed by atoms with Gasteiger partial charge in [0.2, 0.25) is 5.91 Å². The van der Waals surface area contributed by atoms with Crippen LogP contribution in [0.15, 0.2) is 11.6 Å². The van der Waals surface area contributed by atoms with Crippen LogP contribution in [0, 0.1) is 0 Å². The van der Waals surface area contributed by atoms with E-state index in [9.17, 15) is 9.59 Å². The summed E-state index contributed by atoms with van der Waals surface area (Å²) in [6.45, 7) is 5.43. The molecule has 1 amide bonds. The molecule has 0 aliphatic heterocycles. The largest absolute Gasteiger partial charge is 0.478 e. The number of carboxylic acid groups (broad SMARTS) is 1. The number of ether oxygens (including phenoxy) is 1. The summed E-state index contributed by atoms with van der Waals surface area (Å²) >= 11 is 0. The van der Waals surface area contributed by atoms with E-state index >= 15 is 0 Å². The molecule has 114 valence electrons. The molecule has 20 heavy (non-hydrogen) atoms. The van der Waals surface area contributed by atoms with Crippen LogP contribution in [0.3, 0.4) is 0 Å². The van der Waals surface area contributed by atoms with Crippen LogP contribution in [0.25, 0.3) is 0 Å². The first-order chi connectivity index (χ1) is 9.38. The lowest BCUT2D eigenvalue weighted by Gasteiger charge is -2.36. The Morgan fingerprint density at radius 3 is 2.55 bits per heavy atom. The molecule has 0 saturated heterocycles. The van der Waals surface area contributed by atoms with E-state index in [2.05, 4.69) is 5.32 Å². The molecule has 4 N–H and O–H groups in total. The van der Waals surface area contributed by atoms with Crippen LogP contribution >= 0.6 is 0 Å². The van der Waals surface area contributed by atoms with Gasteiger partial charge in [0, 0.05) is 18.5 Å². The van der Waals surface area contributed by atoms with Crippen LogP contribution in [0.2, 0.25) is 0 Å². The van der Waals surface area contributed by atoms with Crippen molar-refractivity contribution in [3.05, 3.63) is 11.6 Å². The van der Waals surface area contributed by atoms with E-state index in [1.165, 1.54) is 6.92 Å². The predicted octanol–water partition coefficient (Wildman–Crippen LogP) is 0.807. The maximum atomic E-state index is 11.3. The first-order valence-electron chi connectivity index (χ1n) is 7.01. The lowest BCUT2D eigenvalue weighted by Crippen LogP contribution is -2.57. The number of carbonyl (C=O) groups excluding carboxylic acids is 1. The minimum atomic E-state index is -0.986. The molecule has 0 radical (unpaired) electrons. The zero-order chi connectivity index (χ0) is 15.3. The molecule has 0 bridgehead atoms. The van der Waals surface area contributed by atoms with Crippen LogP contribution in [-0.2, 0) is 14.3 Å². The molecule has 0 saturated carbocycles. The van der Waals surface area contributed by atoms with Crippen molar-refractivity contribution in [3.63, 3.8) is 0 Å². The van der Waals surface area contributed by atoms with Gasteiger partial charge >= 0.3 is 5.97 Å². The number of hydrogen-bond acceptors (Lipinski definition) is 4. The Bertz CT molecular complexity index is 391. The maximum Gasteiger partial charge on any atom is 0.331 e. The lowest BCUT2D eigenvalue weighted by molar-refractivity contribution is -0.133. The van der Waals surface area contributed by atoms with E-state index in [1.54, 1.807) is 6.08 Å². The first kappa shape index (κ1) is 16.7. The van der Waals surface area contributed by atoms with Gasteiger partial charge < -0.3 is 20.9 Å².